The van der Waals surface area contributed by atoms with E-state index in [2.05, 4.69) is 53.1 Å². The van der Waals surface area contributed by atoms with E-state index >= 15 is 0 Å². The minimum atomic E-state index is 0.644. The Morgan fingerprint density at radius 1 is 0.459 bits per heavy atom. The van der Waals surface area contributed by atoms with Gasteiger partial charge in [-0.15, -0.1) is 22.7 Å². The molecule has 0 radical (unpaired) electrons. The van der Waals surface area contributed by atoms with E-state index in [1.54, 1.807) is 22.7 Å². The molecule has 174 valence electrons. The van der Waals surface area contributed by atoms with Crippen molar-refractivity contribution in [3.05, 3.63) is 109 Å². The molecule has 0 fully saturated rings. The Kier molecular flexibility index (Phi) is 4.53. The molecule has 0 aliphatic rings. The molecule has 6 heteroatoms. The minimum Gasteiger partial charge on any atom is -0.259 e. The fourth-order valence-corrected chi connectivity index (χ4v) is 7.52. The number of nitrogens with zero attached hydrogens (tertiary/aromatic N) is 4. The predicted molar refractivity (Wildman–Crippen MR) is 156 cm³/mol. The Morgan fingerprint density at radius 3 is 1.38 bits per heavy atom. The fourth-order valence-electron chi connectivity index (χ4n) is 5.03. The highest BCUT2D eigenvalue weighted by molar-refractivity contribution is 7.28. The van der Waals surface area contributed by atoms with Gasteiger partial charge in [0.1, 0.15) is 9.66 Å². The second kappa shape index (κ2) is 8.06. The van der Waals surface area contributed by atoms with Crippen molar-refractivity contribution in [1.29, 1.82) is 0 Å². The first kappa shape index (κ1) is 20.8. The molecule has 4 aromatic carbocycles. The molecular formula is C31H18N4S2. The molecule has 0 unspecified atom stereocenters. The van der Waals surface area contributed by atoms with E-state index < -0.39 is 0 Å². The molecule has 8 aromatic rings. The van der Waals surface area contributed by atoms with Crippen LogP contribution in [0.25, 0.3) is 69.3 Å². The van der Waals surface area contributed by atoms with Crippen LogP contribution in [0.15, 0.2) is 109 Å². The van der Waals surface area contributed by atoms with Crippen molar-refractivity contribution >= 4 is 63.3 Å². The number of hydrogen-bond acceptors (Lipinski definition) is 5. The Labute approximate surface area is 220 Å². The molecule has 0 aliphatic heterocycles. The summed E-state index contributed by atoms with van der Waals surface area (Å²) in [6.07, 6.45) is 0. The third-order valence-corrected chi connectivity index (χ3v) is 9.01. The third-order valence-electron chi connectivity index (χ3n) is 6.70. The number of rotatable bonds is 3. The van der Waals surface area contributed by atoms with Gasteiger partial charge in [-0.1, -0.05) is 97.1 Å². The van der Waals surface area contributed by atoms with Crippen LogP contribution in [-0.2, 0) is 0 Å². The van der Waals surface area contributed by atoms with Gasteiger partial charge in [-0.3, -0.25) is 4.57 Å². The summed E-state index contributed by atoms with van der Waals surface area (Å²) in [5.41, 5.74) is 1.94. The van der Waals surface area contributed by atoms with Gasteiger partial charge < -0.3 is 0 Å². The van der Waals surface area contributed by atoms with Crippen LogP contribution in [0.2, 0.25) is 0 Å². The number of fused-ring (bicyclic) bond motifs is 7. The first-order valence-electron chi connectivity index (χ1n) is 12.1. The monoisotopic (exact) mass is 510 g/mol. The standard InChI is InChI=1S/C31H18N4S2/c1-3-11-19(12-4-1)27-32-28(20-13-5-2-6-14-20)34-31(33-27)35-29-25(21-15-7-9-17-23(21)36-29)26-22-16-8-10-18-24(22)37-30(26)35/h1-18H. The molecule has 8 rings (SSSR count). The number of benzene rings is 4. The number of thiophene rings is 2. The van der Waals surface area contributed by atoms with E-state index in [0.717, 1.165) is 20.8 Å². The fraction of sp³-hybridized carbons (Fsp3) is 0. The smallest absolute Gasteiger partial charge is 0.240 e. The summed E-state index contributed by atoms with van der Waals surface area (Å²) in [6, 6.07) is 37.6. The molecule has 0 saturated heterocycles. The van der Waals surface area contributed by atoms with Gasteiger partial charge in [-0.2, -0.15) is 9.97 Å². The van der Waals surface area contributed by atoms with E-state index in [4.69, 9.17) is 15.0 Å². The highest BCUT2D eigenvalue weighted by atomic mass is 32.1. The molecule has 0 bridgehead atoms. The zero-order valence-corrected chi connectivity index (χ0v) is 21.1. The second-order valence-corrected chi connectivity index (χ2v) is 11.0. The summed E-state index contributed by atoms with van der Waals surface area (Å²) in [6.45, 7) is 0. The molecular weight excluding hydrogens is 493 g/mol. The summed E-state index contributed by atoms with van der Waals surface area (Å²) in [5, 5.41) is 5.10. The van der Waals surface area contributed by atoms with E-state index in [1.165, 1.54) is 30.9 Å². The van der Waals surface area contributed by atoms with E-state index in [-0.39, 0.29) is 0 Å². The van der Waals surface area contributed by atoms with Gasteiger partial charge in [0.25, 0.3) is 0 Å². The van der Waals surface area contributed by atoms with E-state index in [1.807, 2.05) is 60.7 Å². The number of aromatic nitrogens is 4. The van der Waals surface area contributed by atoms with Crippen LogP contribution < -0.4 is 0 Å². The maximum atomic E-state index is 5.07. The largest absolute Gasteiger partial charge is 0.259 e. The van der Waals surface area contributed by atoms with Crippen LogP contribution in [0, 0.1) is 0 Å². The van der Waals surface area contributed by atoms with Gasteiger partial charge in [0, 0.05) is 42.1 Å². The topological polar surface area (TPSA) is 43.6 Å². The normalized spacial score (nSPS) is 11.8. The van der Waals surface area contributed by atoms with Crippen LogP contribution >= 0.6 is 22.7 Å². The van der Waals surface area contributed by atoms with Crippen molar-refractivity contribution in [3.8, 4) is 28.7 Å². The van der Waals surface area contributed by atoms with Crippen molar-refractivity contribution in [2.45, 2.75) is 0 Å². The van der Waals surface area contributed by atoms with Gasteiger partial charge >= 0.3 is 0 Å². The van der Waals surface area contributed by atoms with E-state index in [9.17, 15) is 0 Å². The first-order valence-corrected chi connectivity index (χ1v) is 13.7. The Morgan fingerprint density at radius 2 is 0.892 bits per heavy atom. The Balaban J connectivity index is 1.52. The molecule has 0 aliphatic carbocycles. The van der Waals surface area contributed by atoms with Crippen LogP contribution in [0.3, 0.4) is 0 Å². The maximum absolute atomic E-state index is 5.07. The molecule has 0 atom stereocenters. The quantitative estimate of drug-likeness (QED) is 0.239. The average Bonchev–Trinajstić information content (AvgIpc) is 3.61. The molecule has 4 heterocycles. The van der Waals surface area contributed by atoms with Crippen LogP contribution in [-0.4, -0.2) is 19.5 Å². The zero-order valence-electron chi connectivity index (χ0n) is 19.5. The van der Waals surface area contributed by atoms with Crippen molar-refractivity contribution in [1.82, 2.24) is 19.5 Å². The van der Waals surface area contributed by atoms with Crippen molar-refractivity contribution in [3.63, 3.8) is 0 Å². The van der Waals surface area contributed by atoms with Crippen LogP contribution in [0.5, 0.6) is 0 Å². The van der Waals surface area contributed by atoms with Crippen LogP contribution in [0.4, 0.5) is 0 Å². The summed E-state index contributed by atoms with van der Waals surface area (Å²) in [7, 11) is 0. The molecule has 0 saturated carbocycles. The average molecular weight is 511 g/mol. The molecule has 0 N–H and O–H groups in total. The SMILES string of the molecule is c1ccc(-c2nc(-c3ccccc3)nc(-n3c4sc5ccccc5c4c4c5ccccc5sc43)n2)cc1. The lowest BCUT2D eigenvalue weighted by Gasteiger charge is -2.09. The first-order chi connectivity index (χ1) is 18.3. The zero-order chi connectivity index (χ0) is 24.3. The van der Waals surface area contributed by atoms with Crippen molar-refractivity contribution < 1.29 is 0 Å². The highest BCUT2D eigenvalue weighted by Gasteiger charge is 2.24. The minimum absolute atomic E-state index is 0.644. The summed E-state index contributed by atoms with van der Waals surface area (Å²) >= 11 is 3.59. The lowest BCUT2D eigenvalue weighted by molar-refractivity contribution is 0.961. The van der Waals surface area contributed by atoms with Gasteiger partial charge in [0.15, 0.2) is 11.6 Å². The third kappa shape index (κ3) is 3.16. The molecule has 0 amide bonds. The summed E-state index contributed by atoms with van der Waals surface area (Å²) in [4.78, 5) is 17.4. The van der Waals surface area contributed by atoms with E-state index in [0.29, 0.717) is 17.6 Å². The van der Waals surface area contributed by atoms with Crippen molar-refractivity contribution in [2.24, 2.45) is 0 Å². The van der Waals surface area contributed by atoms with Gasteiger partial charge in [-0.25, -0.2) is 4.98 Å². The summed E-state index contributed by atoms with van der Waals surface area (Å²) in [5.74, 6) is 1.98. The number of hydrogen-bond donors (Lipinski definition) is 0. The van der Waals surface area contributed by atoms with Gasteiger partial charge in [0.05, 0.1) is 0 Å². The van der Waals surface area contributed by atoms with Gasteiger partial charge in [0.2, 0.25) is 5.95 Å². The lowest BCUT2D eigenvalue weighted by Crippen LogP contribution is -2.05. The molecule has 4 nitrogen and oxygen atoms in total. The molecule has 37 heavy (non-hydrogen) atoms. The Hall–Kier alpha value is -4.39. The Bertz CT molecular complexity index is 1940. The predicted octanol–water partition coefficient (Wildman–Crippen LogP) is 8.73. The highest BCUT2D eigenvalue weighted by Crippen LogP contribution is 2.47. The summed E-state index contributed by atoms with van der Waals surface area (Å²) < 4.78 is 4.78. The molecule has 4 aromatic heterocycles. The van der Waals surface area contributed by atoms with Crippen LogP contribution in [0.1, 0.15) is 0 Å². The van der Waals surface area contributed by atoms with Crippen molar-refractivity contribution in [2.75, 3.05) is 0 Å². The second-order valence-electron chi connectivity index (χ2n) is 8.91. The van der Waals surface area contributed by atoms with Gasteiger partial charge in [-0.05, 0) is 12.1 Å². The molecule has 0 spiro atoms. The maximum Gasteiger partial charge on any atom is 0.240 e. The lowest BCUT2D eigenvalue weighted by atomic mass is 10.1.